The van der Waals surface area contributed by atoms with E-state index in [1.165, 1.54) is 10.5 Å². The third-order valence-corrected chi connectivity index (χ3v) is 5.49. The van der Waals surface area contributed by atoms with Crippen molar-refractivity contribution in [2.45, 2.75) is 39.5 Å². The van der Waals surface area contributed by atoms with Gasteiger partial charge < -0.3 is 14.8 Å². The number of nitrogens with one attached hydrogen (secondary N) is 1. The number of methoxy groups -OCH3 is 1. The summed E-state index contributed by atoms with van der Waals surface area (Å²) in [5.74, 6) is 0.0900. The van der Waals surface area contributed by atoms with Gasteiger partial charge in [0.25, 0.3) is 11.8 Å². The smallest absolute Gasteiger partial charge is 0.278 e. The quantitative estimate of drug-likeness (QED) is 0.387. The molecule has 0 bridgehead atoms. The lowest BCUT2D eigenvalue weighted by Crippen LogP contribution is -2.34. The van der Waals surface area contributed by atoms with Crippen LogP contribution in [0.4, 0.5) is 5.69 Å². The molecule has 2 amide bonds. The molecule has 6 nitrogen and oxygen atoms in total. The molecule has 1 heterocycles. The Morgan fingerprint density at radius 3 is 2.19 bits per heavy atom. The van der Waals surface area contributed by atoms with Crippen molar-refractivity contribution in [2.75, 3.05) is 32.2 Å². The highest BCUT2D eigenvalue weighted by atomic mass is 16.5. The Labute approximate surface area is 190 Å². The van der Waals surface area contributed by atoms with E-state index in [9.17, 15) is 9.59 Å². The summed E-state index contributed by atoms with van der Waals surface area (Å²) in [6, 6.07) is 15.1. The lowest BCUT2D eigenvalue weighted by atomic mass is 10.0. The third-order valence-electron chi connectivity index (χ3n) is 5.49. The van der Waals surface area contributed by atoms with Crippen molar-refractivity contribution in [3.8, 4) is 5.75 Å². The van der Waals surface area contributed by atoms with E-state index in [1.807, 2.05) is 24.3 Å². The standard InChI is InChI=1S/C26H32N2O4/c1-4-6-17-32-18-7-16-28-25(29)23(20-10-14-22(31-3)15-11-20)24(26(28)30)27-21-12-8-19(5-2)9-13-21/h8-15,27H,4-7,16-18H2,1-3H3. The van der Waals surface area contributed by atoms with Gasteiger partial charge in [0.05, 0.1) is 12.7 Å². The van der Waals surface area contributed by atoms with Crippen LogP contribution in [0.1, 0.15) is 44.2 Å². The molecule has 32 heavy (non-hydrogen) atoms. The molecular formula is C26H32N2O4. The summed E-state index contributed by atoms with van der Waals surface area (Å²) in [6.45, 7) is 5.76. The SMILES string of the molecule is CCCCOCCCN1C(=O)C(Nc2ccc(CC)cc2)=C(c2ccc(OC)cc2)C1=O. The number of hydrogen-bond donors (Lipinski definition) is 1. The average molecular weight is 437 g/mol. The van der Waals surface area contributed by atoms with Gasteiger partial charge in [-0.3, -0.25) is 14.5 Å². The molecule has 2 aromatic carbocycles. The fourth-order valence-corrected chi connectivity index (χ4v) is 3.56. The third kappa shape index (κ3) is 5.56. The summed E-state index contributed by atoms with van der Waals surface area (Å²) in [5.41, 5.74) is 3.34. The summed E-state index contributed by atoms with van der Waals surface area (Å²) in [7, 11) is 1.59. The Morgan fingerprint density at radius 2 is 1.56 bits per heavy atom. The monoisotopic (exact) mass is 436 g/mol. The Bertz CT molecular complexity index is 949. The number of imide groups is 1. The van der Waals surface area contributed by atoms with Crippen LogP contribution in [0.15, 0.2) is 54.2 Å². The van der Waals surface area contributed by atoms with E-state index in [-0.39, 0.29) is 11.8 Å². The summed E-state index contributed by atoms with van der Waals surface area (Å²) in [5, 5.41) is 3.20. The molecule has 1 aliphatic heterocycles. The maximum atomic E-state index is 13.3. The van der Waals surface area contributed by atoms with Crippen LogP contribution in [-0.4, -0.2) is 43.6 Å². The lowest BCUT2D eigenvalue weighted by molar-refractivity contribution is -0.137. The lowest BCUT2D eigenvalue weighted by Gasteiger charge is -2.15. The van der Waals surface area contributed by atoms with Crippen molar-refractivity contribution in [1.82, 2.24) is 4.90 Å². The van der Waals surface area contributed by atoms with Crippen LogP contribution < -0.4 is 10.1 Å². The van der Waals surface area contributed by atoms with E-state index in [1.54, 1.807) is 31.4 Å². The topological polar surface area (TPSA) is 67.9 Å². The van der Waals surface area contributed by atoms with Gasteiger partial charge in [0.15, 0.2) is 0 Å². The molecule has 1 aliphatic rings. The molecule has 0 radical (unpaired) electrons. The minimum atomic E-state index is -0.311. The molecular weight excluding hydrogens is 404 g/mol. The van der Waals surface area contributed by atoms with Gasteiger partial charge in [-0.2, -0.15) is 0 Å². The van der Waals surface area contributed by atoms with Gasteiger partial charge >= 0.3 is 0 Å². The van der Waals surface area contributed by atoms with E-state index in [2.05, 4.69) is 19.2 Å². The van der Waals surface area contributed by atoms with E-state index in [4.69, 9.17) is 9.47 Å². The Hall–Kier alpha value is -3.12. The maximum absolute atomic E-state index is 13.3. The number of rotatable bonds is 12. The summed E-state index contributed by atoms with van der Waals surface area (Å²) in [4.78, 5) is 27.8. The first-order valence-corrected chi connectivity index (χ1v) is 11.3. The zero-order chi connectivity index (χ0) is 22.9. The fourth-order valence-electron chi connectivity index (χ4n) is 3.56. The predicted molar refractivity (Wildman–Crippen MR) is 126 cm³/mol. The van der Waals surface area contributed by atoms with Crippen LogP contribution in [0.2, 0.25) is 0 Å². The Morgan fingerprint density at radius 1 is 0.875 bits per heavy atom. The first-order valence-electron chi connectivity index (χ1n) is 11.3. The number of aryl methyl sites for hydroxylation is 1. The number of unbranched alkanes of at least 4 members (excludes halogenated alkanes) is 1. The molecule has 0 saturated heterocycles. The van der Waals surface area contributed by atoms with Crippen LogP contribution in [-0.2, 0) is 20.7 Å². The van der Waals surface area contributed by atoms with Crippen molar-refractivity contribution in [1.29, 1.82) is 0 Å². The Kier molecular flexibility index (Phi) is 8.45. The van der Waals surface area contributed by atoms with E-state index >= 15 is 0 Å². The first kappa shape index (κ1) is 23.5. The molecule has 2 aromatic rings. The first-order chi connectivity index (χ1) is 15.6. The van der Waals surface area contributed by atoms with Crippen molar-refractivity contribution in [3.63, 3.8) is 0 Å². The molecule has 6 heteroatoms. The van der Waals surface area contributed by atoms with Crippen molar-refractivity contribution in [2.24, 2.45) is 0 Å². The molecule has 0 fully saturated rings. The average Bonchev–Trinajstić information content (AvgIpc) is 3.05. The van der Waals surface area contributed by atoms with Crippen LogP contribution in [0.3, 0.4) is 0 Å². The van der Waals surface area contributed by atoms with Gasteiger partial charge in [-0.1, -0.05) is 44.5 Å². The molecule has 0 aliphatic carbocycles. The van der Waals surface area contributed by atoms with E-state index in [0.29, 0.717) is 48.8 Å². The summed E-state index contributed by atoms with van der Waals surface area (Å²) >= 11 is 0. The highest BCUT2D eigenvalue weighted by molar-refractivity contribution is 6.36. The minimum Gasteiger partial charge on any atom is -0.497 e. The largest absolute Gasteiger partial charge is 0.497 e. The summed E-state index contributed by atoms with van der Waals surface area (Å²) in [6.07, 6.45) is 3.63. The molecule has 3 rings (SSSR count). The molecule has 1 N–H and O–H groups in total. The van der Waals surface area contributed by atoms with Gasteiger partial charge in [0.1, 0.15) is 11.4 Å². The predicted octanol–water partition coefficient (Wildman–Crippen LogP) is 4.66. The number of carbonyl (C=O) groups is 2. The van der Waals surface area contributed by atoms with Gasteiger partial charge in [0, 0.05) is 25.4 Å². The van der Waals surface area contributed by atoms with Gasteiger partial charge in [-0.05, 0) is 54.7 Å². The molecule has 0 saturated carbocycles. The second-order valence-corrected chi connectivity index (χ2v) is 7.74. The second-order valence-electron chi connectivity index (χ2n) is 7.74. The summed E-state index contributed by atoms with van der Waals surface area (Å²) < 4.78 is 10.8. The van der Waals surface area contributed by atoms with Crippen LogP contribution in [0.5, 0.6) is 5.75 Å². The number of ether oxygens (including phenoxy) is 2. The zero-order valence-electron chi connectivity index (χ0n) is 19.1. The number of amides is 2. The number of nitrogens with zero attached hydrogens (tertiary/aromatic N) is 1. The van der Waals surface area contributed by atoms with E-state index in [0.717, 1.165) is 24.9 Å². The molecule has 0 atom stereocenters. The Balaban J connectivity index is 1.82. The van der Waals surface area contributed by atoms with Crippen LogP contribution >= 0.6 is 0 Å². The van der Waals surface area contributed by atoms with E-state index < -0.39 is 0 Å². The van der Waals surface area contributed by atoms with Gasteiger partial charge in [-0.25, -0.2) is 0 Å². The number of anilines is 1. The highest BCUT2D eigenvalue weighted by Gasteiger charge is 2.38. The number of hydrogen-bond acceptors (Lipinski definition) is 5. The zero-order valence-corrected chi connectivity index (χ0v) is 19.1. The number of benzene rings is 2. The molecule has 0 aromatic heterocycles. The normalized spacial score (nSPS) is 13.8. The molecule has 0 unspecified atom stereocenters. The van der Waals surface area contributed by atoms with Gasteiger partial charge in [-0.15, -0.1) is 0 Å². The minimum absolute atomic E-state index is 0.290. The highest BCUT2D eigenvalue weighted by Crippen LogP contribution is 2.31. The van der Waals surface area contributed by atoms with Crippen LogP contribution in [0, 0.1) is 0 Å². The number of carbonyl (C=O) groups excluding carboxylic acids is 2. The maximum Gasteiger partial charge on any atom is 0.278 e. The van der Waals surface area contributed by atoms with Crippen molar-refractivity contribution >= 4 is 23.1 Å². The fraction of sp³-hybridized carbons (Fsp3) is 0.385. The van der Waals surface area contributed by atoms with Gasteiger partial charge in [0.2, 0.25) is 0 Å². The molecule has 170 valence electrons. The molecule has 0 spiro atoms. The van der Waals surface area contributed by atoms with Crippen LogP contribution in [0.25, 0.3) is 5.57 Å². The van der Waals surface area contributed by atoms with Crippen molar-refractivity contribution in [3.05, 3.63) is 65.4 Å². The van der Waals surface area contributed by atoms with Crippen molar-refractivity contribution < 1.29 is 19.1 Å². The second kappa shape index (κ2) is 11.5.